The third kappa shape index (κ3) is 2.92. The second-order valence-electron chi connectivity index (χ2n) is 5.26. The molecule has 3 aromatic rings. The van der Waals surface area contributed by atoms with Crippen LogP contribution in [0.5, 0.6) is 0 Å². The topological polar surface area (TPSA) is 0 Å². The summed E-state index contributed by atoms with van der Waals surface area (Å²) in [5, 5.41) is 0. The summed E-state index contributed by atoms with van der Waals surface area (Å²) < 4.78 is 0. The van der Waals surface area contributed by atoms with Crippen molar-refractivity contribution in [2.45, 2.75) is 0 Å². The van der Waals surface area contributed by atoms with E-state index >= 15 is 0 Å². The Morgan fingerprint density at radius 2 is 0.818 bits per heavy atom. The Labute approximate surface area is 154 Å². The molecule has 0 fully saturated rings. The van der Waals surface area contributed by atoms with Gasteiger partial charge in [0, 0.05) is 0 Å². The van der Waals surface area contributed by atoms with Crippen molar-refractivity contribution in [2.24, 2.45) is 0 Å². The van der Waals surface area contributed by atoms with Crippen LogP contribution in [0.25, 0.3) is 0 Å². The van der Waals surface area contributed by atoms with E-state index in [-0.39, 0.29) is 29.6 Å². The standard InChI is InChI=1S/C20H16B.Na/c1-2-21(18-12-6-3-7-13-18,19-14-8-4-9-15-19)20-16-10-5-11-17-20;/h1,3-17H;/q-1;+1. The molecule has 0 amide bonds. The third-order valence-corrected chi connectivity index (χ3v) is 4.15. The Bertz CT molecular complexity index is 649. The molecular formula is C20H16BNa. The Hall–Kier alpha value is -1.72. The van der Waals surface area contributed by atoms with Gasteiger partial charge in [-0.1, -0.05) is 91.0 Å². The Morgan fingerprint density at radius 1 is 0.545 bits per heavy atom. The molecule has 0 atom stereocenters. The molecule has 0 N–H and O–H groups in total. The van der Waals surface area contributed by atoms with Crippen molar-refractivity contribution >= 4 is 22.5 Å². The molecule has 0 unspecified atom stereocenters. The van der Waals surface area contributed by atoms with Crippen LogP contribution in [-0.4, -0.2) is 6.15 Å². The molecule has 3 rings (SSSR count). The quantitative estimate of drug-likeness (QED) is 0.443. The average molecular weight is 290 g/mol. The maximum absolute atomic E-state index is 6.08. The zero-order valence-electron chi connectivity index (χ0n) is 12.8. The molecule has 0 spiro atoms. The molecular weight excluding hydrogens is 274 g/mol. The van der Waals surface area contributed by atoms with Crippen molar-refractivity contribution in [1.29, 1.82) is 0 Å². The zero-order chi connectivity index (χ0) is 14.5. The van der Waals surface area contributed by atoms with Crippen LogP contribution in [0, 0.1) is 12.2 Å². The maximum atomic E-state index is 6.08. The van der Waals surface area contributed by atoms with Crippen molar-refractivity contribution < 1.29 is 29.6 Å². The molecule has 2 heteroatoms. The number of benzene rings is 3. The number of terminal acetylenes is 1. The first kappa shape index (κ1) is 16.7. The molecule has 0 aliphatic rings. The molecule has 0 heterocycles. The first-order chi connectivity index (χ1) is 10.4. The Balaban J connectivity index is 0.00000176. The van der Waals surface area contributed by atoms with Gasteiger partial charge in [0.2, 0.25) is 0 Å². The van der Waals surface area contributed by atoms with Crippen molar-refractivity contribution in [2.75, 3.05) is 0 Å². The van der Waals surface area contributed by atoms with E-state index in [1.807, 2.05) is 18.2 Å². The van der Waals surface area contributed by atoms with Crippen molar-refractivity contribution in [1.82, 2.24) is 0 Å². The molecule has 100 valence electrons. The van der Waals surface area contributed by atoms with E-state index in [1.54, 1.807) is 0 Å². The predicted molar refractivity (Wildman–Crippen MR) is 92.8 cm³/mol. The summed E-state index contributed by atoms with van der Waals surface area (Å²) in [6.45, 7) is 0. The smallest absolute Gasteiger partial charge is 0.301 e. The molecule has 0 saturated heterocycles. The van der Waals surface area contributed by atoms with Gasteiger partial charge in [-0.25, -0.2) is 0 Å². The molecule has 0 nitrogen and oxygen atoms in total. The van der Waals surface area contributed by atoms with E-state index in [0.29, 0.717) is 0 Å². The van der Waals surface area contributed by atoms with E-state index in [1.165, 1.54) is 16.4 Å². The summed E-state index contributed by atoms with van der Waals surface area (Å²) in [4.78, 5) is 0. The fraction of sp³-hybridized carbons (Fsp3) is 0. The molecule has 0 aliphatic carbocycles. The Kier molecular flexibility index (Phi) is 5.69. The van der Waals surface area contributed by atoms with Crippen LogP contribution in [0.15, 0.2) is 91.0 Å². The molecule has 0 aliphatic heterocycles. The summed E-state index contributed by atoms with van der Waals surface area (Å²) in [6.07, 6.45) is 4.71. The predicted octanol–water partition coefficient (Wildman–Crippen LogP) is -0.667. The summed E-state index contributed by atoms with van der Waals surface area (Å²) in [6, 6.07) is 31.1. The van der Waals surface area contributed by atoms with Gasteiger partial charge in [-0.05, 0) is 0 Å². The van der Waals surface area contributed by atoms with Crippen LogP contribution < -0.4 is 45.9 Å². The SMILES string of the molecule is C#C[B-](c1ccccc1)(c1ccccc1)c1ccccc1.[Na+]. The molecule has 0 aromatic heterocycles. The molecule has 22 heavy (non-hydrogen) atoms. The van der Waals surface area contributed by atoms with Crippen LogP contribution in [-0.2, 0) is 0 Å². The van der Waals surface area contributed by atoms with Gasteiger partial charge in [0.1, 0.15) is 6.15 Å². The number of hydrogen-bond acceptors (Lipinski definition) is 0. The average Bonchev–Trinajstić information content (AvgIpc) is 2.59. The van der Waals surface area contributed by atoms with E-state index < -0.39 is 6.15 Å². The van der Waals surface area contributed by atoms with Crippen LogP contribution >= 0.6 is 0 Å². The van der Waals surface area contributed by atoms with E-state index in [4.69, 9.17) is 6.42 Å². The largest absolute Gasteiger partial charge is 1.00 e. The van der Waals surface area contributed by atoms with Gasteiger partial charge < -0.3 is 5.82 Å². The fourth-order valence-corrected chi connectivity index (χ4v) is 3.09. The van der Waals surface area contributed by atoms with Crippen LogP contribution in [0.2, 0.25) is 0 Å². The summed E-state index contributed by atoms with van der Waals surface area (Å²) in [7, 11) is 0. The van der Waals surface area contributed by atoms with Crippen LogP contribution in [0.1, 0.15) is 0 Å². The number of hydrogen-bond donors (Lipinski definition) is 0. The van der Waals surface area contributed by atoms with Gasteiger partial charge >= 0.3 is 29.6 Å². The fourth-order valence-electron chi connectivity index (χ4n) is 3.09. The minimum Gasteiger partial charge on any atom is -0.301 e. The second kappa shape index (κ2) is 7.52. The first-order valence-corrected chi connectivity index (χ1v) is 7.18. The molecule has 0 radical (unpaired) electrons. The zero-order valence-corrected chi connectivity index (χ0v) is 14.8. The third-order valence-electron chi connectivity index (χ3n) is 4.15. The number of rotatable bonds is 3. The summed E-state index contributed by atoms with van der Waals surface area (Å²) in [5.41, 5.74) is 3.53. The second-order valence-corrected chi connectivity index (χ2v) is 5.26. The van der Waals surface area contributed by atoms with Gasteiger partial charge in [0.15, 0.2) is 0 Å². The first-order valence-electron chi connectivity index (χ1n) is 7.18. The minimum atomic E-state index is -1.37. The molecule has 0 bridgehead atoms. The van der Waals surface area contributed by atoms with Crippen molar-refractivity contribution in [3.63, 3.8) is 0 Å². The Morgan fingerprint density at radius 3 is 1.05 bits per heavy atom. The van der Waals surface area contributed by atoms with E-state index in [2.05, 4.69) is 78.6 Å². The van der Waals surface area contributed by atoms with Gasteiger partial charge in [-0.3, -0.25) is 0 Å². The van der Waals surface area contributed by atoms with Crippen molar-refractivity contribution in [3.8, 4) is 12.2 Å². The van der Waals surface area contributed by atoms with E-state index in [9.17, 15) is 0 Å². The monoisotopic (exact) mass is 290 g/mol. The van der Waals surface area contributed by atoms with Crippen LogP contribution in [0.3, 0.4) is 0 Å². The summed E-state index contributed by atoms with van der Waals surface area (Å²) >= 11 is 0. The maximum Gasteiger partial charge on any atom is 1.00 e. The minimum absolute atomic E-state index is 0. The van der Waals surface area contributed by atoms with Gasteiger partial charge in [-0.2, -0.15) is 22.8 Å². The normalized spacial score (nSPS) is 10.3. The van der Waals surface area contributed by atoms with Gasteiger partial charge in [-0.15, -0.1) is 0 Å². The van der Waals surface area contributed by atoms with Crippen LogP contribution in [0.4, 0.5) is 0 Å². The summed E-state index contributed by atoms with van der Waals surface area (Å²) in [5.74, 6) is 3.13. The van der Waals surface area contributed by atoms with Gasteiger partial charge in [0.05, 0.1) is 0 Å². The van der Waals surface area contributed by atoms with E-state index in [0.717, 1.165) is 0 Å². The van der Waals surface area contributed by atoms with Crippen molar-refractivity contribution in [3.05, 3.63) is 91.0 Å². The van der Waals surface area contributed by atoms with Gasteiger partial charge in [0.25, 0.3) is 0 Å². The molecule has 3 aromatic carbocycles. The molecule has 0 saturated carbocycles.